The molecule has 1 aliphatic carbocycles. The number of aryl methyl sites for hydroxylation is 4. The van der Waals surface area contributed by atoms with Gasteiger partial charge in [-0.05, 0) is 0 Å². The molecule has 4 rings (SSSR count). The van der Waals surface area contributed by atoms with E-state index in [1.165, 1.54) is 24.9 Å². The van der Waals surface area contributed by atoms with Crippen LogP contribution < -0.4 is 0 Å². The normalized spacial score (nSPS) is 13.8. The van der Waals surface area contributed by atoms with E-state index < -0.39 is 0 Å². The Labute approximate surface area is 142 Å². The molecule has 0 atom stereocenters. The molecule has 0 amide bonds. The van der Waals surface area contributed by atoms with Gasteiger partial charge in [-0.15, -0.1) is 0 Å². The van der Waals surface area contributed by atoms with E-state index in [-0.39, 0.29) is 11.6 Å². The van der Waals surface area contributed by atoms with Crippen LogP contribution in [0.25, 0.3) is 10.1 Å². The summed E-state index contributed by atoms with van der Waals surface area (Å²) < 4.78 is 3.80. The Morgan fingerprint density at radius 2 is 1.64 bits per heavy atom. The molecular formula is C17H14O2S2Se. The molecule has 0 saturated heterocycles. The first kappa shape index (κ1) is 14.6. The van der Waals surface area contributed by atoms with Crippen molar-refractivity contribution in [1.29, 1.82) is 0 Å². The van der Waals surface area contributed by atoms with Crippen LogP contribution in [0.3, 0.4) is 0 Å². The summed E-state index contributed by atoms with van der Waals surface area (Å²) in [5.74, 6) is 0.138. The summed E-state index contributed by atoms with van der Waals surface area (Å²) in [5, 5.41) is 1.07. The molecule has 22 heavy (non-hydrogen) atoms. The van der Waals surface area contributed by atoms with Gasteiger partial charge in [0.2, 0.25) is 0 Å². The van der Waals surface area contributed by atoms with Crippen molar-refractivity contribution in [3.8, 4) is 0 Å². The van der Waals surface area contributed by atoms with Gasteiger partial charge in [0.25, 0.3) is 0 Å². The van der Waals surface area contributed by atoms with Gasteiger partial charge in [0.15, 0.2) is 0 Å². The summed E-state index contributed by atoms with van der Waals surface area (Å²) in [6.07, 6.45) is 0.805. The first-order valence-electron chi connectivity index (χ1n) is 7.19. The van der Waals surface area contributed by atoms with Crippen LogP contribution in [0.5, 0.6) is 0 Å². The van der Waals surface area contributed by atoms with Crippen molar-refractivity contribution in [2.24, 2.45) is 0 Å². The Morgan fingerprint density at radius 1 is 0.909 bits per heavy atom. The van der Waals surface area contributed by atoms with E-state index in [0.29, 0.717) is 36.1 Å². The second-order valence-corrected chi connectivity index (χ2v) is 10.9. The predicted octanol–water partition coefficient (Wildman–Crippen LogP) is 4.28. The van der Waals surface area contributed by atoms with E-state index >= 15 is 0 Å². The number of hydrogen-bond acceptors (Lipinski definition) is 4. The number of carbonyl (C=O) groups excluding carboxylic acids is 2. The van der Waals surface area contributed by atoms with Crippen LogP contribution in [0.2, 0.25) is 0 Å². The van der Waals surface area contributed by atoms with Gasteiger partial charge in [0.05, 0.1) is 0 Å². The van der Waals surface area contributed by atoms with Crippen molar-refractivity contribution >= 4 is 58.8 Å². The Balaban J connectivity index is 2.12. The number of carbonyl (C=O) groups is 2. The maximum absolute atomic E-state index is 13.1. The molecule has 5 heteroatoms. The Kier molecular flexibility index (Phi) is 3.15. The number of thiophene rings is 2. The molecule has 0 bridgehead atoms. The minimum atomic E-state index is 0.0679. The molecule has 1 aliphatic rings. The van der Waals surface area contributed by atoms with Crippen LogP contribution in [0.15, 0.2) is 0 Å². The maximum atomic E-state index is 13.1. The van der Waals surface area contributed by atoms with Crippen LogP contribution in [0.4, 0.5) is 0 Å². The SMILES string of the molecule is CCc1sc(C)c2c1C(=O)c1sc3c(C)[se]c(C)c3c1C2=O. The fourth-order valence-electron chi connectivity index (χ4n) is 3.32. The third-order valence-electron chi connectivity index (χ3n) is 4.25. The fourth-order valence-corrected chi connectivity index (χ4v) is 8.27. The average Bonchev–Trinajstić information content (AvgIpc) is 3.10. The molecule has 0 fully saturated rings. The Hall–Kier alpha value is -1.00. The molecule has 0 unspecified atom stereocenters. The topological polar surface area (TPSA) is 34.1 Å². The van der Waals surface area contributed by atoms with Crippen LogP contribution in [-0.2, 0) is 6.42 Å². The predicted molar refractivity (Wildman–Crippen MR) is 93.5 cm³/mol. The molecule has 0 N–H and O–H groups in total. The van der Waals surface area contributed by atoms with Gasteiger partial charge in [-0.3, -0.25) is 0 Å². The summed E-state index contributed by atoms with van der Waals surface area (Å²) in [6.45, 7) is 8.24. The van der Waals surface area contributed by atoms with Crippen molar-refractivity contribution in [2.45, 2.75) is 34.1 Å². The summed E-state index contributed by atoms with van der Waals surface area (Å²) >= 11 is 3.46. The first-order chi connectivity index (χ1) is 10.5. The molecule has 3 aromatic rings. The van der Waals surface area contributed by atoms with Gasteiger partial charge in [0, 0.05) is 0 Å². The third-order valence-corrected chi connectivity index (χ3v) is 9.24. The van der Waals surface area contributed by atoms with Crippen LogP contribution in [0.1, 0.15) is 56.7 Å². The van der Waals surface area contributed by atoms with Gasteiger partial charge in [-0.1, -0.05) is 0 Å². The zero-order valence-corrected chi connectivity index (χ0v) is 16.1. The summed E-state index contributed by atoms with van der Waals surface area (Å²) in [5.41, 5.74) is 2.05. The first-order valence-corrected chi connectivity index (χ1v) is 10.5. The summed E-state index contributed by atoms with van der Waals surface area (Å²) in [6, 6.07) is 0. The molecule has 3 aromatic heterocycles. The quantitative estimate of drug-likeness (QED) is 0.453. The zero-order chi connectivity index (χ0) is 15.8. The van der Waals surface area contributed by atoms with Gasteiger partial charge in [-0.2, -0.15) is 0 Å². The van der Waals surface area contributed by atoms with Crippen molar-refractivity contribution in [3.05, 3.63) is 40.2 Å². The Bertz CT molecular complexity index is 985. The minimum absolute atomic E-state index is 0.0679. The van der Waals surface area contributed by atoms with E-state index in [1.54, 1.807) is 11.3 Å². The molecule has 0 aromatic carbocycles. The van der Waals surface area contributed by atoms with Gasteiger partial charge < -0.3 is 0 Å². The fraction of sp³-hybridized carbons (Fsp3) is 0.294. The van der Waals surface area contributed by atoms with Crippen LogP contribution in [0, 0.1) is 20.8 Å². The number of hydrogen-bond donors (Lipinski definition) is 0. The number of rotatable bonds is 1. The van der Waals surface area contributed by atoms with E-state index in [4.69, 9.17) is 0 Å². The molecule has 2 nitrogen and oxygen atoms in total. The number of fused-ring (bicyclic) bond motifs is 4. The average molecular weight is 393 g/mol. The monoisotopic (exact) mass is 394 g/mol. The van der Waals surface area contributed by atoms with Crippen molar-refractivity contribution in [1.82, 2.24) is 0 Å². The molecular weight excluding hydrogens is 379 g/mol. The molecule has 0 radical (unpaired) electrons. The standard InChI is InChI=1S/C17H14O2S2Se/c1-5-9-12-10(6(2)20-9)14(18)13-11-7(3)22-8(4)16(11)21-17(13)15(12)19/h5H2,1-4H3. The van der Waals surface area contributed by atoms with Crippen molar-refractivity contribution in [2.75, 3.05) is 0 Å². The zero-order valence-electron chi connectivity index (χ0n) is 12.7. The molecule has 3 heterocycles. The summed E-state index contributed by atoms with van der Waals surface area (Å²) in [4.78, 5) is 28.8. The van der Waals surface area contributed by atoms with Crippen molar-refractivity contribution in [3.63, 3.8) is 0 Å². The van der Waals surface area contributed by atoms with Crippen LogP contribution in [-0.4, -0.2) is 26.1 Å². The van der Waals surface area contributed by atoms with Gasteiger partial charge >= 0.3 is 143 Å². The number of ketones is 2. The van der Waals surface area contributed by atoms with Gasteiger partial charge in [0.1, 0.15) is 0 Å². The van der Waals surface area contributed by atoms with E-state index in [1.807, 2.05) is 13.8 Å². The molecule has 0 spiro atoms. The molecule has 0 saturated carbocycles. The van der Waals surface area contributed by atoms with Crippen LogP contribution >= 0.6 is 22.7 Å². The van der Waals surface area contributed by atoms with E-state index in [0.717, 1.165) is 21.6 Å². The molecule has 0 aliphatic heterocycles. The summed E-state index contributed by atoms with van der Waals surface area (Å²) in [7, 11) is 0. The van der Waals surface area contributed by atoms with Gasteiger partial charge in [-0.25, -0.2) is 0 Å². The van der Waals surface area contributed by atoms with E-state index in [2.05, 4.69) is 13.8 Å². The second kappa shape index (κ2) is 4.75. The van der Waals surface area contributed by atoms with E-state index in [9.17, 15) is 9.59 Å². The third kappa shape index (κ3) is 1.65. The molecule has 112 valence electrons. The van der Waals surface area contributed by atoms with Crippen molar-refractivity contribution < 1.29 is 9.59 Å². The Morgan fingerprint density at radius 3 is 2.32 bits per heavy atom. The second-order valence-electron chi connectivity index (χ2n) is 5.57.